The zero-order chi connectivity index (χ0) is 20.0. The highest BCUT2D eigenvalue weighted by Crippen LogP contribution is 2.39. The molecule has 2 aliphatic heterocycles. The fourth-order valence-corrected chi connectivity index (χ4v) is 4.65. The summed E-state index contributed by atoms with van der Waals surface area (Å²) in [6.45, 7) is 9.09. The number of aryl methyl sites for hydroxylation is 1. The van der Waals surface area contributed by atoms with Crippen LogP contribution in [-0.4, -0.2) is 55.5 Å². The molecule has 2 heterocycles. The number of piperidine rings is 1. The molecular weight excluding hydrogens is 348 g/mol. The van der Waals surface area contributed by atoms with Gasteiger partial charge in [0, 0.05) is 7.05 Å². The molecule has 0 saturated carbocycles. The number of nitrogens with zero attached hydrogens (tertiary/aromatic N) is 2. The number of hydrogen-bond donors (Lipinski definition) is 0. The summed E-state index contributed by atoms with van der Waals surface area (Å²) >= 11 is 0. The van der Waals surface area contributed by atoms with Crippen LogP contribution in [0.4, 0.5) is 0 Å². The SMILES string of the molecule is CC(C)CCN1CCC2(CCCCc3ccccc3OCCN(C)C2=O)CC1. The van der Waals surface area contributed by atoms with E-state index in [1.54, 1.807) is 0 Å². The topological polar surface area (TPSA) is 32.8 Å². The van der Waals surface area contributed by atoms with Crippen molar-refractivity contribution in [1.82, 2.24) is 9.80 Å². The molecule has 1 aromatic rings. The van der Waals surface area contributed by atoms with Gasteiger partial charge in [-0.2, -0.15) is 0 Å². The van der Waals surface area contributed by atoms with Gasteiger partial charge in [0.2, 0.25) is 5.91 Å². The van der Waals surface area contributed by atoms with Gasteiger partial charge < -0.3 is 14.5 Å². The van der Waals surface area contributed by atoms with E-state index in [1.807, 2.05) is 18.0 Å². The summed E-state index contributed by atoms with van der Waals surface area (Å²) in [5, 5.41) is 0. The van der Waals surface area contributed by atoms with Crippen molar-refractivity contribution in [3.8, 4) is 5.75 Å². The molecule has 1 aromatic carbocycles. The second-order valence-corrected chi connectivity index (χ2v) is 9.19. The van der Waals surface area contributed by atoms with E-state index in [-0.39, 0.29) is 5.41 Å². The molecule has 28 heavy (non-hydrogen) atoms. The van der Waals surface area contributed by atoms with Gasteiger partial charge in [0.05, 0.1) is 12.0 Å². The van der Waals surface area contributed by atoms with Crippen LogP contribution in [0.2, 0.25) is 0 Å². The maximum Gasteiger partial charge on any atom is 0.228 e. The van der Waals surface area contributed by atoms with E-state index in [1.165, 1.54) is 18.5 Å². The quantitative estimate of drug-likeness (QED) is 0.773. The molecule has 0 unspecified atom stereocenters. The number of para-hydroxylation sites is 1. The second-order valence-electron chi connectivity index (χ2n) is 9.19. The van der Waals surface area contributed by atoms with Crippen LogP contribution in [0.3, 0.4) is 0 Å². The maximum absolute atomic E-state index is 13.4. The molecule has 4 heteroatoms. The van der Waals surface area contributed by atoms with Gasteiger partial charge in [-0.1, -0.05) is 38.5 Å². The Morgan fingerprint density at radius 1 is 1.07 bits per heavy atom. The minimum atomic E-state index is -0.165. The van der Waals surface area contributed by atoms with Gasteiger partial charge >= 0.3 is 0 Å². The first-order valence-electron chi connectivity index (χ1n) is 11.2. The third-order valence-corrected chi connectivity index (χ3v) is 6.64. The molecular formula is C24H38N2O2. The Balaban J connectivity index is 1.66. The first kappa shape index (κ1) is 21.2. The lowest BCUT2D eigenvalue weighted by Crippen LogP contribution is -2.50. The first-order chi connectivity index (χ1) is 13.5. The van der Waals surface area contributed by atoms with E-state index < -0.39 is 0 Å². The number of likely N-dealkylation sites (tertiary alicyclic amines) is 1. The minimum Gasteiger partial charge on any atom is -0.491 e. The minimum absolute atomic E-state index is 0.165. The van der Waals surface area contributed by atoms with Crippen LogP contribution in [0.5, 0.6) is 5.75 Å². The molecule has 1 spiro atoms. The van der Waals surface area contributed by atoms with Crippen LogP contribution in [-0.2, 0) is 11.2 Å². The van der Waals surface area contributed by atoms with Crippen molar-refractivity contribution >= 4 is 5.91 Å². The van der Waals surface area contributed by atoms with Crippen LogP contribution in [0.25, 0.3) is 0 Å². The fourth-order valence-electron chi connectivity index (χ4n) is 4.65. The highest BCUT2D eigenvalue weighted by Gasteiger charge is 2.42. The average Bonchev–Trinajstić information content (AvgIpc) is 2.70. The molecule has 0 aromatic heterocycles. The smallest absolute Gasteiger partial charge is 0.228 e. The molecule has 4 nitrogen and oxygen atoms in total. The summed E-state index contributed by atoms with van der Waals surface area (Å²) in [4.78, 5) is 17.9. The van der Waals surface area contributed by atoms with Gasteiger partial charge in [0.25, 0.3) is 0 Å². The van der Waals surface area contributed by atoms with Crippen molar-refractivity contribution < 1.29 is 9.53 Å². The molecule has 2 aliphatic rings. The number of fused-ring (bicyclic) bond motifs is 1. The highest BCUT2D eigenvalue weighted by molar-refractivity contribution is 5.82. The van der Waals surface area contributed by atoms with Gasteiger partial charge in [0.1, 0.15) is 12.4 Å². The molecule has 1 amide bonds. The Kier molecular flexibility index (Phi) is 7.39. The number of benzene rings is 1. The van der Waals surface area contributed by atoms with E-state index >= 15 is 0 Å². The fraction of sp³-hybridized carbons (Fsp3) is 0.708. The lowest BCUT2D eigenvalue weighted by molar-refractivity contribution is -0.145. The standard InChI is InChI=1S/C24H38N2O2/c1-20(2)11-15-26-16-13-24(14-17-26)12-7-6-9-21-8-4-5-10-22(21)28-19-18-25(3)23(24)27/h4-5,8,10,20H,6-7,9,11-19H2,1-3H3. The number of rotatable bonds is 3. The highest BCUT2D eigenvalue weighted by atomic mass is 16.5. The molecule has 1 fully saturated rings. The van der Waals surface area contributed by atoms with Gasteiger partial charge in [-0.25, -0.2) is 0 Å². The largest absolute Gasteiger partial charge is 0.491 e. The van der Waals surface area contributed by atoms with Crippen LogP contribution in [0.15, 0.2) is 24.3 Å². The van der Waals surface area contributed by atoms with Crippen LogP contribution in [0, 0.1) is 11.3 Å². The normalized spacial score (nSPS) is 21.7. The number of hydrogen-bond acceptors (Lipinski definition) is 3. The zero-order valence-electron chi connectivity index (χ0n) is 18.1. The maximum atomic E-state index is 13.4. The van der Waals surface area contributed by atoms with Crippen molar-refractivity contribution in [2.24, 2.45) is 11.3 Å². The molecule has 0 atom stereocenters. The van der Waals surface area contributed by atoms with Crippen LogP contribution in [0.1, 0.15) is 57.9 Å². The third kappa shape index (κ3) is 5.28. The summed E-state index contributed by atoms with van der Waals surface area (Å²) < 4.78 is 6.02. The summed E-state index contributed by atoms with van der Waals surface area (Å²) in [6.07, 6.45) is 7.55. The van der Waals surface area contributed by atoms with Gasteiger partial charge in [0.15, 0.2) is 0 Å². The molecule has 0 aliphatic carbocycles. The summed E-state index contributed by atoms with van der Waals surface area (Å²) in [5.74, 6) is 2.07. The predicted molar refractivity (Wildman–Crippen MR) is 115 cm³/mol. The van der Waals surface area contributed by atoms with Gasteiger partial charge in [-0.05, 0) is 75.7 Å². The Morgan fingerprint density at radius 2 is 1.82 bits per heavy atom. The van der Waals surface area contributed by atoms with Crippen molar-refractivity contribution in [2.45, 2.75) is 58.8 Å². The Labute approximate surface area is 171 Å². The van der Waals surface area contributed by atoms with E-state index in [9.17, 15) is 4.79 Å². The monoisotopic (exact) mass is 386 g/mol. The van der Waals surface area contributed by atoms with E-state index in [4.69, 9.17) is 4.74 Å². The molecule has 0 radical (unpaired) electrons. The van der Waals surface area contributed by atoms with E-state index in [0.717, 1.165) is 63.3 Å². The summed E-state index contributed by atoms with van der Waals surface area (Å²) in [7, 11) is 1.95. The lowest BCUT2D eigenvalue weighted by atomic mass is 9.73. The number of carbonyl (C=O) groups is 1. The van der Waals surface area contributed by atoms with Crippen molar-refractivity contribution in [3.05, 3.63) is 29.8 Å². The third-order valence-electron chi connectivity index (χ3n) is 6.64. The molecule has 1 saturated heterocycles. The number of ether oxygens (including phenoxy) is 1. The Bertz CT molecular complexity index is 635. The van der Waals surface area contributed by atoms with Crippen molar-refractivity contribution in [1.29, 1.82) is 0 Å². The lowest BCUT2D eigenvalue weighted by Gasteiger charge is -2.43. The average molecular weight is 387 g/mol. The molecule has 0 N–H and O–H groups in total. The van der Waals surface area contributed by atoms with Crippen molar-refractivity contribution in [3.63, 3.8) is 0 Å². The number of carbonyl (C=O) groups excluding carboxylic acids is 1. The van der Waals surface area contributed by atoms with Crippen LogP contribution >= 0.6 is 0 Å². The van der Waals surface area contributed by atoms with E-state index in [0.29, 0.717) is 19.1 Å². The number of likely N-dealkylation sites (N-methyl/N-ethyl adjacent to an activating group) is 1. The van der Waals surface area contributed by atoms with E-state index in [2.05, 4.69) is 36.9 Å². The molecule has 156 valence electrons. The Hall–Kier alpha value is -1.55. The van der Waals surface area contributed by atoms with Gasteiger partial charge in [-0.15, -0.1) is 0 Å². The van der Waals surface area contributed by atoms with Crippen LogP contribution < -0.4 is 4.74 Å². The first-order valence-corrected chi connectivity index (χ1v) is 11.2. The summed E-state index contributed by atoms with van der Waals surface area (Å²) in [6, 6.07) is 8.36. The van der Waals surface area contributed by atoms with Gasteiger partial charge in [-0.3, -0.25) is 4.79 Å². The Morgan fingerprint density at radius 3 is 2.57 bits per heavy atom. The predicted octanol–water partition coefficient (Wildman–Crippen LogP) is 4.38. The molecule has 3 rings (SSSR count). The molecule has 0 bridgehead atoms. The number of amides is 1. The van der Waals surface area contributed by atoms with Crippen molar-refractivity contribution in [2.75, 3.05) is 39.8 Å². The second kappa shape index (κ2) is 9.78. The summed E-state index contributed by atoms with van der Waals surface area (Å²) in [5.41, 5.74) is 1.14. The zero-order valence-corrected chi connectivity index (χ0v) is 18.1.